The molecule has 1 rings (SSSR count). The van der Waals surface area contributed by atoms with Crippen molar-refractivity contribution in [3.63, 3.8) is 0 Å². The summed E-state index contributed by atoms with van der Waals surface area (Å²) in [6.45, 7) is 3.91. The van der Waals surface area contributed by atoms with Gasteiger partial charge < -0.3 is 20.4 Å². The second kappa shape index (κ2) is 11.5. The molecule has 5 atom stereocenters. The first kappa shape index (κ1) is 22.9. The van der Waals surface area contributed by atoms with Crippen molar-refractivity contribution in [2.24, 2.45) is 11.8 Å². The van der Waals surface area contributed by atoms with Gasteiger partial charge in [0.2, 0.25) is 0 Å². The van der Waals surface area contributed by atoms with Crippen LogP contribution in [0.2, 0.25) is 0 Å². The summed E-state index contributed by atoms with van der Waals surface area (Å²) in [6, 6.07) is 0. The molecule has 0 aliphatic heterocycles. The molecule has 0 heterocycles. The molecule has 5 nitrogen and oxygen atoms in total. The number of aliphatic hydroxyl groups is 3. The maximum absolute atomic E-state index is 10.5. The third-order valence-electron chi connectivity index (χ3n) is 5.22. The average Bonchev–Trinajstić information content (AvgIpc) is 2.82. The zero-order valence-corrected chi connectivity index (χ0v) is 16.2. The van der Waals surface area contributed by atoms with Crippen LogP contribution in [0.4, 0.5) is 0 Å². The standard InChI is InChI=1S/C21H36O5/c1-3-4-9-13-21(2,26)14-12-17-16(18(22)15-19(17)23)10-7-5-6-8-11-20(24)25/h5,7,12,14,16-19,22-23,26H,3-4,6,8-11,13,15H2,1-2H3,(H,24,25)/b7-5-,14-12+/t16?,17-,18+,19-,21?/m1/s1. The van der Waals surface area contributed by atoms with Crippen molar-refractivity contribution in [3.05, 3.63) is 24.3 Å². The molecule has 150 valence electrons. The number of allylic oxidation sites excluding steroid dienone is 2. The highest BCUT2D eigenvalue weighted by Crippen LogP contribution is 2.37. The Balaban J connectivity index is 2.56. The van der Waals surface area contributed by atoms with E-state index in [1.54, 1.807) is 13.0 Å². The van der Waals surface area contributed by atoms with Crippen molar-refractivity contribution in [2.45, 2.75) is 89.4 Å². The van der Waals surface area contributed by atoms with Gasteiger partial charge in [-0.15, -0.1) is 0 Å². The zero-order chi connectivity index (χ0) is 19.6. The van der Waals surface area contributed by atoms with Crippen LogP contribution in [0.5, 0.6) is 0 Å². The van der Waals surface area contributed by atoms with Gasteiger partial charge in [-0.2, -0.15) is 0 Å². The minimum Gasteiger partial charge on any atom is -0.481 e. The number of aliphatic carboxylic acids is 1. The molecule has 26 heavy (non-hydrogen) atoms. The van der Waals surface area contributed by atoms with Gasteiger partial charge in [0.15, 0.2) is 0 Å². The van der Waals surface area contributed by atoms with E-state index in [-0.39, 0.29) is 18.3 Å². The Morgan fingerprint density at radius 2 is 1.88 bits per heavy atom. The number of carboxylic acid groups (broad SMARTS) is 1. The molecule has 1 aliphatic rings. The van der Waals surface area contributed by atoms with Gasteiger partial charge in [0.1, 0.15) is 0 Å². The van der Waals surface area contributed by atoms with Crippen LogP contribution < -0.4 is 0 Å². The van der Waals surface area contributed by atoms with Gasteiger partial charge >= 0.3 is 5.97 Å². The quantitative estimate of drug-likeness (QED) is 0.312. The summed E-state index contributed by atoms with van der Waals surface area (Å²) >= 11 is 0. The highest BCUT2D eigenvalue weighted by molar-refractivity contribution is 5.66. The van der Waals surface area contributed by atoms with Crippen molar-refractivity contribution in [2.75, 3.05) is 0 Å². The van der Waals surface area contributed by atoms with E-state index >= 15 is 0 Å². The number of aliphatic hydroxyl groups excluding tert-OH is 2. The normalized spacial score (nSPS) is 28.8. The number of carbonyl (C=O) groups is 1. The van der Waals surface area contributed by atoms with Crippen LogP contribution in [0.15, 0.2) is 24.3 Å². The smallest absolute Gasteiger partial charge is 0.303 e. The number of hydrogen-bond acceptors (Lipinski definition) is 4. The Labute approximate surface area is 157 Å². The van der Waals surface area contributed by atoms with Gasteiger partial charge in [0.05, 0.1) is 17.8 Å². The van der Waals surface area contributed by atoms with E-state index in [4.69, 9.17) is 5.11 Å². The summed E-state index contributed by atoms with van der Waals surface area (Å²) in [6.07, 6.45) is 12.7. The second-order valence-corrected chi connectivity index (χ2v) is 7.78. The molecule has 1 fully saturated rings. The maximum atomic E-state index is 10.5. The number of hydrogen-bond donors (Lipinski definition) is 4. The Kier molecular flexibility index (Phi) is 10.1. The van der Waals surface area contributed by atoms with Crippen molar-refractivity contribution in [1.29, 1.82) is 0 Å². The highest BCUT2D eigenvalue weighted by atomic mass is 16.4. The summed E-state index contributed by atoms with van der Waals surface area (Å²) in [4.78, 5) is 10.5. The molecule has 0 spiro atoms. The first-order valence-corrected chi connectivity index (χ1v) is 9.91. The van der Waals surface area contributed by atoms with Gasteiger partial charge in [0.25, 0.3) is 0 Å². The average molecular weight is 369 g/mol. The molecular weight excluding hydrogens is 332 g/mol. The largest absolute Gasteiger partial charge is 0.481 e. The van der Waals surface area contributed by atoms with Gasteiger partial charge in [-0.25, -0.2) is 0 Å². The lowest BCUT2D eigenvalue weighted by molar-refractivity contribution is -0.137. The molecule has 0 aromatic rings. The van der Waals surface area contributed by atoms with E-state index in [1.165, 1.54) is 0 Å². The van der Waals surface area contributed by atoms with E-state index in [0.717, 1.165) is 19.3 Å². The number of rotatable bonds is 12. The fourth-order valence-electron chi connectivity index (χ4n) is 3.58. The minimum absolute atomic E-state index is 0.0802. The van der Waals surface area contributed by atoms with E-state index < -0.39 is 23.8 Å². The molecule has 0 saturated heterocycles. The lowest BCUT2D eigenvalue weighted by Gasteiger charge is -2.23. The van der Waals surface area contributed by atoms with Gasteiger partial charge in [-0.3, -0.25) is 4.79 Å². The van der Waals surface area contributed by atoms with Crippen molar-refractivity contribution in [3.8, 4) is 0 Å². The molecule has 5 heteroatoms. The molecule has 0 radical (unpaired) electrons. The van der Waals surface area contributed by atoms with Gasteiger partial charge in [0, 0.05) is 18.8 Å². The molecule has 0 aromatic heterocycles. The maximum Gasteiger partial charge on any atom is 0.303 e. The SMILES string of the molecule is CCCCCC(C)(O)/C=C/[C@@H]1C(C/C=C\CCCC(=O)O)[C@@H](O)C[C@H]1O. The summed E-state index contributed by atoms with van der Waals surface area (Å²) in [5, 5.41) is 39.6. The Hall–Kier alpha value is -1.17. The lowest BCUT2D eigenvalue weighted by Crippen LogP contribution is -2.24. The predicted octanol–water partition coefficient (Wildman–Crippen LogP) is 3.43. The van der Waals surface area contributed by atoms with E-state index in [0.29, 0.717) is 32.1 Å². The minimum atomic E-state index is -0.889. The summed E-state index contributed by atoms with van der Waals surface area (Å²) in [7, 11) is 0. The lowest BCUT2D eigenvalue weighted by atomic mass is 9.88. The summed E-state index contributed by atoms with van der Waals surface area (Å²) in [5.41, 5.74) is -0.889. The topological polar surface area (TPSA) is 98.0 Å². The Bertz CT molecular complexity index is 469. The molecule has 0 bridgehead atoms. The highest BCUT2D eigenvalue weighted by Gasteiger charge is 2.39. The molecule has 1 aliphatic carbocycles. The monoisotopic (exact) mass is 368 g/mol. The van der Waals surface area contributed by atoms with Crippen LogP contribution >= 0.6 is 0 Å². The van der Waals surface area contributed by atoms with Crippen LogP contribution in [0.25, 0.3) is 0 Å². The first-order chi connectivity index (χ1) is 12.3. The van der Waals surface area contributed by atoms with E-state index in [9.17, 15) is 20.1 Å². The molecule has 1 saturated carbocycles. The van der Waals surface area contributed by atoms with Gasteiger partial charge in [-0.1, -0.05) is 50.5 Å². The van der Waals surface area contributed by atoms with Crippen LogP contribution in [-0.4, -0.2) is 44.2 Å². The Morgan fingerprint density at radius 1 is 1.15 bits per heavy atom. The first-order valence-electron chi connectivity index (χ1n) is 9.91. The second-order valence-electron chi connectivity index (χ2n) is 7.78. The van der Waals surface area contributed by atoms with Crippen LogP contribution in [0, 0.1) is 11.8 Å². The molecule has 0 aromatic carbocycles. The third-order valence-corrected chi connectivity index (χ3v) is 5.22. The zero-order valence-electron chi connectivity index (χ0n) is 16.2. The van der Waals surface area contributed by atoms with Crippen LogP contribution in [-0.2, 0) is 4.79 Å². The molecule has 4 N–H and O–H groups in total. The molecule has 0 amide bonds. The van der Waals surface area contributed by atoms with Crippen molar-refractivity contribution in [1.82, 2.24) is 0 Å². The predicted molar refractivity (Wildman–Crippen MR) is 103 cm³/mol. The fourth-order valence-corrected chi connectivity index (χ4v) is 3.58. The van der Waals surface area contributed by atoms with E-state index in [2.05, 4.69) is 6.92 Å². The molecule has 2 unspecified atom stereocenters. The number of carboxylic acids is 1. The van der Waals surface area contributed by atoms with Crippen LogP contribution in [0.3, 0.4) is 0 Å². The molecular formula is C21H36O5. The summed E-state index contributed by atoms with van der Waals surface area (Å²) in [5.74, 6) is -1.04. The Morgan fingerprint density at radius 3 is 2.54 bits per heavy atom. The fraction of sp³-hybridized carbons (Fsp3) is 0.762. The van der Waals surface area contributed by atoms with Crippen molar-refractivity contribution < 1.29 is 25.2 Å². The summed E-state index contributed by atoms with van der Waals surface area (Å²) < 4.78 is 0. The van der Waals surface area contributed by atoms with Gasteiger partial charge in [-0.05, 0) is 38.5 Å². The number of unbranched alkanes of at least 4 members (excludes halogenated alkanes) is 3. The van der Waals surface area contributed by atoms with Crippen molar-refractivity contribution >= 4 is 5.97 Å². The van der Waals surface area contributed by atoms with E-state index in [1.807, 2.05) is 18.2 Å². The third kappa shape index (κ3) is 8.47. The van der Waals surface area contributed by atoms with Crippen LogP contribution in [0.1, 0.15) is 71.6 Å².